The lowest BCUT2D eigenvalue weighted by Gasteiger charge is -2.36. The molecule has 0 aromatic carbocycles. The summed E-state index contributed by atoms with van der Waals surface area (Å²) < 4.78 is 5.23. The summed E-state index contributed by atoms with van der Waals surface area (Å²) in [6.07, 6.45) is 3.14. The van der Waals surface area contributed by atoms with E-state index in [1.54, 1.807) is 0 Å². The van der Waals surface area contributed by atoms with Crippen LogP contribution >= 0.6 is 0 Å². The Labute approximate surface area is 110 Å². The maximum atomic E-state index is 11.5. The number of ether oxygens (including phenoxy) is 1. The number of hydrogen-bond acceptors (Lipinski definition) is 3. The van der Waals surface area contributed by atoms with Gasteiger partial charge in [0.15, 0.2) is 0 Å². The summed E-state index contributed by atoms with van der Waals surface area (Å²) in [7, 11) is 0. The molecule has 2 fully saturated rings. The molecule has 0 radical (unpaired) electrons. The van der Waals surface area contributed by atoms with Gasteiger partial charge >= 0.3 is 6.09 Å². The third kappa shape index (κ3) is 4.16. The fourth-order valence-corrected chi connectivity index (χ4v) is 2.38. The molecule has 0 aromatic rings. The SMILES string of the molecule is CC1CC1CNC1CC(NC(=O)OC(C)(C)C)C1. The smallest absolute Gasteiger partial charge is 0.407 e. The van der Waals surface area contributed by atoms with Crippen molar-refractivity contribution in [1.82, 2.24) is 10.6 Å². The Morgan fingerprint density at radius 3 is 2.33 bits per heavy atom. The zero-order valence-electron chi connectivity index (χ0n) is 12.0. The Bertz CT molecular complexity index is 305. The molecule has 0 heterocycles. The highest BCUT2D eigenvalue weighted by molar-refractivity contribution is 5.68. The Hall–Kier alpha value is -0.770. The quantitative estimate of drug-likeness (QED) is 0.809. The van der Waals surface area contributed by atoms with E-state index in [9.17, 15) is 4.79 Å². The summed E-state index contributed by atoms with van der Waals surface area (Å²) >= 11 is 0. The number of carbonyl (C=O) groups is 1. The van der Waals surface area contributed by atoms with Crippen molar-refractivity contribution in [3.63, 3.8) is 0 Å². The number of alkyl carbamates (subject to hydrolysis) is 1. The summed E-state index contributed by atoms with van der Waals surface area (Å²) in [5.41, 5.74) is -0.409. The number of rotatable bonds is 4. The molecule has 2 aliphatic carbocycles. The lowest BCUT2D eigenvalue weighted by Crippen LogP contribution is -2.53. The van der Waals surface area contributed by atoms with Gasteiger partial charge in [0.05, 0.1) is 0 Å². The second-order valence-electron chi connectivity index (χ2n) is 6.89. The van der Waals surface area contributed by atoms with E-state index < -0.39 is 5.60 Å². The molecule has 4 heteroatoms. The molecule has 2 rings (SSSR count). The van der Waals surface area contributed by atoms with E-state index in [2.05, 4.69) is 17.6 Å². The van der Waals surface area contributed by atoms with Gasteiger partial charge in [-0.3, -0.25) is 0 Å². The van der Waals surface area contributed by atoms with Gasteiger partial charge in [-0.1, -0.05) is 6.92 Å². The molecule has 2 unspecified atom stereocenters. The predicted octanol–water partition coefficient (Wildman–Crippen LogP) is 2.29. The zero-order valence-corrected chi connectivity index (χ0v) is 12.0. The van der Waals surface area contributed by atoms with E-state index in [0.717, 1.165) is 31.2 Å². The van der Waals surface area contributed by atoms with Gasteiger partial charge in [0, 0.05) is 12.1 Å². The summed E-state index contributed by atoms with van der Waals surface area (Å²) in [6.45, 7) is 9.10. The average molecular weight is 254 g/mol. The minimum Gasteiger partial charge on any atom is -0.444 e. The first kappa shape index (κ1) is 13.7. The molecule has 0 aromatic heterocycles. The summed E-state index contributed by atoms with van der Waals surface area (Å²) in [6, 6.07) is 0.867. The van der Waals surface area contributed by atoms with Gasteiger partial charge in [-0.05, 0) is 58.4 Å². The second-order valence-corrected chi connectivity index (χ2v) is 6.89. The predicted molar refractivity (Wildman–Crippen MR) is 71.5 cm³/mol. The molecule has 2 saturated carbocycles. The highest BCUT2D eigenvalue weighted by atomic mass is 16.6. The fraction of sp³-hybridized carbons (Fsp3) is 0.929. The number of carbonyl (C=O) groups excluding carboxylic acids is 1. The van der Waals surface area contributed by atoms with Crippen LogP contribution in [0.15, 0.2) is 0 Å². The van der Waals surface area contributed by atoms with E-state index >= 15 is 0 Å². The topological polar surface area (TPSA) is 50.4 Å². The van der Waals surface area contributed by atoms with Gasteiger partial charge in [-0.25, -0.2) is 4.79 Å². The molecule has 2 aliphatic rings. The minimum absolute atomic E-state index is 0.286. The van der Waals surface area contributed by atoms with Crippen LogP contribution in [-0.4, -0.2) is 30.3 Å². The van der Waals surface area contributed by atoms with E-state index in [0.29, 0.717) is 6.04 Å². The van der Waals surface area contributed by atoms with Gasteiger partial charge in [-0.15, -0.1) is 0 Å². The average Bonchev–Trinajstić information content (AvgIpc) is 2.82. The summed E-state index contributed by atoms with van der Waals surface area (Å²) in [5.74, 6) is 1.80. The maximum absolute atomic E-state index is 11.5. The van der Waals surface area contributed by atoms with Gasteiger partial charge in [0.2, 0.25) is 0 Å². The third-order valence-electron chi connectivity index (χ3n) is 3.80. The molecular weight excluding hydrogens is 228 g/mol. The van der Waals surface area contributed by atoms with E-state index in [4.69, 9.17) is 4.74 Å². The Morgan fingerprint density at radius 2 is 1.83 bits per heavy atom. The molecule has 0 saturated heterocycles. The van der Waals surface area contributed by atoms with E-state index in [1.807, 2.05) is 20.8 Å². The van der Waals surface area contributed by atoms with Crippen LogP contribution in [-0.2, 0) is 4.74 Å². The lowest BCUT2D eigenvalue weighted by molar-refractivity contribution is 0.0465. The lowest BCUT2D eigenvalue weighted by atomic mass is 9.87. The maximum Gasteiger partial charge on any atom is 0.407 e. The Balaban J connectivity index is 1.54. The minimum atomic E-state index is -0.409. The van der Waals surface area contributed by atoms with Crippen molar-refractivity contribution < 1.29 is 9.53 Å². The summed E-state index contributed by atoms with van der Waals surface area (Å²) in [5, 5.41) is 6.48. The molecule has 104 valence electrons. The van der Waals surface area contributed by atoms with Crippen LogP contribution in [0.1, 0.15) is 47.0 Å². The molecule has 1 amide bonds. The molecule has 2 N–H and O–H groups in total. The van der Waals surface area contributed by atoms with Crippen molar-refractivity contribution >= 4 is 6.09 Å². The molecule has 0 bridgehead atoms. The summed E-state index contributed by atoms with van der Waals surface area (Å²) in [4.78, 5) is 11.5. The van der Waals surface area contributed by atoms with Crippen molar-refractivity contribution in [2.45, 2.75) is 64.6 Å². The van der Waals surface area contributed by atoms with Gasteiger partial charge in [0.1, 0.15) is 5.60 Å². The van der Waals surface area contributed by atoms with Gasteiger partial charge in [0.25, 0.3) is 0 Å². The highest BCUT2D eigenvalue weighted by Crippen LogP contribution is 2.37. The zero-order chi connectivity index (χ0) is 13.3. The Morgan fingerprint density at radius 1 is 1.22 bits per heavy atom. The van der Waals surface area contributed by atoms with Crippen molar-refractivity contribution in [3.05, 3.63) is 0 Å². The second kappa shape index (κ2) is 5.08. The van der Waals surface area contributed by atoms with Crippen LogP contribution < -0.4 is 10.6 Å². The van der Waals surface area contributed by atoms with Crippen LogP contribution in [0.4, 0.5) is 4.79 Å². The number of nitrogens with one attached hydrogen (secondary N) is 2. The van der Waals surface area contributed by atoms with Crippen LogP contribution in [0, 0.1) is 11.8 Å². The molecule has 0 spiro atoms. The van der Waals surface area contributed by atoms with Crippen LogP contribution in [0.2, 0.25) is 0 Å². The normalized spacial score (nSPS) is 34.7. The van der Waals surface area contributed by atoms with E-state index in [-0.39, 0.29) is 12.1 Å². The number of amides is 1. The molecule has 4 nitrogen and oxygen atoms in total. The standard InChI is InChI=1S/C14H26N2O2/c1-9-5-10(9)8-15-11-6-12(7-11)16-13(17)18-14(2,3)4/h9-12,15H,5-8H2,1-4H3,(H,16,17). The van der Waals surface area contributed by atoms with Crippen molar-refractivity contribution in [2.75, 3.05) is 6.54 Å². The molecule has 2 atom stereocenters. The first-order valence-electron chi connectivity index (χ1n) is 7.06. The third-order valence-corrected chi connectivity index (χ3v) is 3.80. The first-order valence-corrected chi connectivity index (χ1v) is 7.06. The van der Waals surface area contributed by atoms with Crippen molar-refractivity contribution in [3.8, 4) is 0 Å². The monoisotopic (exact) mass is 254 g/mol. The van der Waals surface area contributed by atoms with E-state index in [1.165, 1.54) is 6.42 Å². The highest BCUT2D eigenvalue weighted by Gasteiger charge is 2.35. The van der Waals surface area contributed by atoms with Crippen molar-refractivity contribution in [2.24, 2.45) is 11.8 Å². The van der Waals surface area contributed by atoms with Gasteiger partial charge in [-0.2, -0.15) is 0 Å². The van der Waals surface area contributed by atoms with Crippen LogP contribution in [0.5, 0.6) is 0 Å². The number of hydrogen-bond donors (Lipinski definition) is 2. The fourth-order valence-electron chi connectivity index (χ4n) is 2.38. The molecular formula is C14H26N2O2. The van der Waals surface area contributed by atoms with Crippen LogP contribution in [0.3, 0.4) is 0 Å². The molecule has 18 heavy (non-hydrogen) atoms. The van der Waals surface area contributed by atoms with Gasteiger partial charge < -0.3 is 15.4 Å². The van der Waals surface area contributed by atoms with Crippen LogP contribution in [0.25, 0.3) is 0 Å². The first-order chi connectivity index (χ1) is 8.33. The van der Waals surface area contributed by atoms with Crippen molar-refractivity contribution in [1.29, 1.82) is 0 Å². The largest absolute Gasteiger partial charge is 0.444 e. The Kier molecular flexibility index (Phi) is 3.85. The molecule has 0 aliphatic heterocycles.